The van der Waals surface area contributed by atoms with Gasteiger partial charge in [0.15, 0.2) is 0 Å². The maximum Gasteiger partial charge on any atom is 0.129 e. The van der Waals surface area contributed by atoms with Crippen molar-refractivity contribution in [3.05, 3.63) is 95.6 Å². The lowest BCUT2D eigenvalue weighted by Gasteiger charge is -2.17. The molecule has 0 spiro atoms. The molecule has 0 aliphatic carbocycles. The van der Waals surface area contributed by atoms with Gasteiger partial charge >= 0.3 is 0 Å². The largest absolute Gasteiger partial charge is 0.384 e. The van der Waals surface area contributed by atoms with Crippen molar-refractivity contribution in [2.24, 2.45) is 0 Å². The molecule has 1 atom stereocenters. The molecular weight excluding hydrogens is 282 g/mol. The number of aliphatic hydroxyl groups excluding tert-OH is 1. The third-order valence-electron chi connectivity index (χ3n) is 3.61. The molecule has 1 nitrogen and oxygen atoms in total. The van der Waals surface area contributed by atoms with Gasteiger partial charge in [0.05, 0.1) is 0 Å². The predicted octanol–water partition coefficient (Wildman–Crippen LogP) is 4.71. The maximum atomic E-state index is 13.9. The maximum absolute atomic E-state index is 13.9. The van der Waals surface area contributed by atoms with Gasteiger partial charge in [0, 0.05) is 5.56 Å². The molecule has 0 radical (unpaired) electrons. The van der Waals surface area contributed by atoms with Crippen molar-refractivity contribution in [2.45, 2.75) is 6.10 Å². The first-order valence-corrected chi connectivity index (χ1v) is 6.94. The summed E-state index contributed by atoms with van der Waals surface area (Å²) in [6, 6.07) is 19.3. The van der Waals surface area contributed by atoms with Gasteiger partial charge in [-0.05, 0) is 34.9 Å². The number of benzene rings is 3. The van der Waals surface area contributed by atoms with Crippen LogP contribution in [0.1, 0.15) is 17.2 Å². The van der Waals surface area contributed by atoms with Gasteiger partial charge in [-0.25, -0.2) is 8.78 Å². The normalized spacial score (nSPS) is 12.1. The Morgan fingerprint density at radius 2 is 1.27 bits per heavy atom. The minimum atomic E-state index is -1.08. The van der Waals surface area contributed by atoms with Crippen molar-refractivity contribution in [1.82, 2.24) is 0 Å². The molecule has 3 heteroatoms. The second-order valence-corrected chi connectivity index (χ2v) is 5.02. The Labute approximate surface area is 127 Å². The van der Waals surface area contributed by atoms with Crippen molar-refractivity contribution < 1.29 is 13.9 Å². The van der Waals surface area contributed by atoms with Crippen molar-refractivity contribution in [2.75, 3.05) is 0 Å². The van der Waals surface area contributed by atoms with Crippen LogP contribution in [0.5, 0.6) is 0 Å². The molecule has 110 valence electrons. The number of halogens is 2. The molecule has 0 aliphatic rings. The summed E-state index contributed by atoms with van der Waals surface area (Å²) in [5, 5.41) is 10.6. The first-order valence-electron chi connectivity index (χ1n) is 6.94. The Morgan fingerprint density at radius 3 is 1.95 bits per heavy atom. The van der Waals surface area contributed by atoms with E-state index in [1.165, 1.54) is 18.2 Å². The summed E-state index contributed by atoms with van der Waals surface area (Å²) < 4.78 is 27.0. The molecule has 0 bridgehead atoms. The zero-order valence-corrected chi connectivity index (χ0v) is 11.7. The van der Waals surface area contributed by atoms with Crippen LogP contribution in [0.2, 0.25) is 0 Å². The van der Waals surface area contributed by atoms with Crippen LogP contribution in [0.15, 0.2) is 72.8 Å². The first kappa shape index (κ1) is 14.4. The molecule has 0 fully saturated rings. The van der Waals surface area contributed by atoms with E-state index in [0.717, 1.165) is 11.1 Å². The monoisotopic (exact) mass is 296 g/mol. The third kappa shape index (κ3) is 2.76. The molecule has 0 amide bonds. The van der Waals surface area contributed by atoms with Gasteiger partial charge in [0.25, 0.3) is 0 Å². The van der Waals surface area contributed by atoms with Gasteiger partial charge in [-0.2, -0.15) is 0 Å². The molecule has 0 heterocycles. The van der Waals surface area contributed by atoms with Gasteiger partial charge in [0.1, 0.15) is 17.7 Å². The van der Waals surface area contributed by atoms with Crippen LogP contribution in [0, 0.1) is 11.6 Å². The SMILES string of the molecule is OC(c1ccccc1F)c1ccccc1-c1ccc(F)cc1. The van der Waals surface area contributed by atoms with E-state index >= 15 is 0 Å². The fraction of sp³-hybridized carbons (Fsp3) is 0.0526. The molecule has 3 rings (SSSR count). The number of rotatable bonds is 3. The van der Waals surface area contributed by atoms with E-state index in [0.29, 0.717) is 5.56 Å². The smallest absolute Gasteiger partial charge is 0.129 e. The fourth-order valence-electron chi connectivity index (χ4n) is 2.49. The molecule has 3 aromatic rings. The lowest BCUT2D eigenvalue weighted by molar-refractivity contribution is 0.215. The van der Waals surface area contributed by atoms with E-state index in [-0.39, 0.29) is 11.4 Å². The van der Waals surface area contributed by atoms with Crippen LogP contribution in [-0.4, -0.2) is 5.11 Å². The highest BCUT2D eigenvalue weighted by atomic mass is 19.1. The summed E-state index contributed by atoms with van der Waals surface area (Å²) in [5.41, 5.74) is 2.32. The Morgan fingerprint density at radius 1 is 0.682 bits per heavy atom. The van der Waals surface area contributed by atoms with Crippen molar-refractivity contribution in [3.63, 3.8) is 0 Å². The van der Waals surface area contributed by atoms with E-state index in [2.05, 4.69) is 0 Å². The molecule has 22 heavy (non-hydrogen) atoms. The first-order chi connectivity index (χ1) is 10.7. The average molecular weight is 296 g/mol. The zero-order chi connectivity index (χ0) is 15.5. The lowest BCUT2D eigenvalue weighted by Crippen LogP contribution is -2.04. The summed E-state index contributed by atoms with van der Waals surface area (Å²) >= 11 is 0. The molecule has 0 aromatic heterocycles. The molecule has 1 N–H and O–H groups in total. The molecule has 0 aliphatic heterocycles. The molecule has 0 saturated heterocycles. The number of aliphatic hydroxyl groups is 1. The summed E-state index contributed by atoms with van der Waals surface area (Å²) in [6.07, 6.45) is -1.08. The molecule has 1 unspecified atom stereocenters. The van der Waals surface area contributed by atoms with Crippen LogP contribution >= 0.6 is 0 Å². The van der Waals surface area contributed by atoms with Gasteiger partial charge in [0.2, 0.25) is 0 Å². The second-order valence-electron chi connectivity index (χ2n) is 5.02. The van der Waals surface area contributed by atoms with Crippen LogP contribution < -0.4 is 0 Å². The van der Waals surface area contributed by atoms with E-state index in [1.807, 2.05) is 12.1 Å². The topological polar surface area (TPSA) is 20.2 Å². The third-order valence-corrected chi connectivity index (χ3v) is 3.61. The van der Waals surface area contributed by atoms with Crippen LogP contribution in [0.25, 0.3) is 11.1 Å². The predicted molar refractivity (Wildman–Crippen MR) is 82.3 cm³/mol. The van der Waals surface area contributed by atoms with Crippen molar-refractivity contribution in [1.29, 1.82) is 0 Å². The van der Waals surface area contributed by atoms with E-state index < -0.39 is 11.9 Å². The van der Waals surface area contributed by atoms with Gasteiger partial charge in [-0.1, -0.05) is 54.6 Å². The minimum Gasteiger partial charge on any atom is -0.384 e. The summed E-state index contributed by atoms with van der Waals surface area (Å²) in [6.45, 7) is 0. The number of hydrogen-bond donors (Lipinski definition) is 1. The minimum absolute atomic E-state index is 0.220. The summed E-state index contributed by atoms with van der Waals surface area (Å²) in [5.74, 6) is -0.778. The van der Waals surface area contributed by atoms with Gasteiger partial charge in [-0.3, -0.25) is 0 Å². The highest BCUT2D eigenvalue weighted by Crippen LogP contribution is 2.32. The Kier molecular flexibility index (Phi) is 3.98. The second kappa shape index (κ2) is 6.08. The lowest BCUT2D eigenvalue weighted by atomic mass is 9.92. The Bertz CT molecular complexity index is 781. The van der Waals surface area contributed by atoms with Gasteiger partial charge in [-0.15, -0.1) is 0 Å². The van der Waals surface area contributed by atoms with Crippen LogP contribution in [0.3, 0.4) is 0 Å². The number of hydrogen-bond acceptors (Lipinski definition) is 1. The van der Waals surface area contributed by atoms with E-state index in [9.17, 15) is 13.9 Å². The highest BCUT2D eigenvalue weighted by Gasteiger charge is 2.18. The average Bonchev–Trinajstić information content (AvgIpc) is 2.55. The van der Waals surface area contributed by atoms with Crippen LogP contribution in [-0.2, 0) is 0 Å². The van der Waals surface area contributed by atoms with Crippen molar-refractivity contribution in [3.8, 4) is 11.1 Å². The summed E-state index contributed by atoms with van der Waals surface area (Å²) in [4.78, 5) is 0. The Hall–Kier alpha value is -2.52. The molecular formula is C19H14F2O. The van der Waals surface area contributed by atoms with E-state index in [4.69, 9.17) is 0 Å². The fourth-order valence-corrected chi connectivity index (χ4v) is 2.49. The van der Waals surface area contributed by atoms with Crippen LogP contribution in [0.4, 0.5) is 8.78 Å². The molecule has 3 aromatic carbocycles. The highest BCUT2D eigenvalue weighted by molar-refractivity contribution is 5.68. The zero-order valence-electron chi connectivity index (χ0n) is 11.7. The molecule has 0 saturated carbocycles. The quantitative estimate of drug-likeness (QED) is 0.742. The Balaban J connectivity index is 2.08. The van der Waals surface area contributed by atoms with Crippen molar-refractivity contribution >= 4 is 0 Å². The summed E-state index contributed by atoms with van der Waals surface area (Å²) in [7, 11) is 0. The standard InChI is InChI=1S/C19H14F2O/c20-14-11-9-13(10-12-14)15-5-1-2-6-16(15)19(22)17-7-3-4-8-18(17)21/h1-12,19,22H. The van der Waals surface area contributed by atoms with Gasteiger partial charge < -0.3 is 5.11 Å². The van der Waals surface area contributed by atoms with E-state index in [1.54, 1.807) is 42.5 Å².